The molecule has 8 heteroatoms. The van der Waals surface area contributed by atoms with E-state index in [9.17, 15) is 19.5 Å². The van der Waals surface area contributed by atoms with Crippen LogP contribution in [0, 0.1) is 0 Å². The number of rotatable bonds is 3. The highest BCUT2D eigenvalue weighted by Gasteiger charge is 2.26. The Morgan fingerprint density at radius 1 is 1.17 bits per heavy atom. The van der Waals surface area contributed by atoms with Gasteiger partial charge in [-0.25, -0.2) is 19.0 Å². The molecule has 2 rings (SSSR count). The number of benzene rings is 1. The number of ether oxygens (including phenoxy) is 3. The number of hydrogen-bond donors (Lipinski definition) is 1. The van der Waals surface area contributed by atoms with E-state index in [0.717, 1.165) is 24.9 Å². The molecule has 0 spiro atoms. The largest absolute Gasteiger partial charge is 0.506 e. The maximum atomic E-state index is 12.0. The molecular weight excluding hydrogens is 306 g/mol. The first-order valence-electron chi connectivity index (χ1n) is 6.67. The number of aromatic hydroxyl groups is 1. The topological polar surface area (TPSA) is 104 Å². The van der Waals surface area contributed by atoms with Crippen LogP contribution in [0.2, 0.25) is 0 Å². The molecule has 0 radical (unpaired) electrons. The van der Waals surface area contributed by atoms with Crippen molar-refractivity contribution in [2.24, 2.45) is 0 Å². The highest BCUT2D eigenvalue weighted by molar-refractivity contribution is 6.14. The van der Waals surface area contributed by atoms with Crippen LogP contribution in [0.3, 0.4) is 0 Å². The van der Waals surface area contributed by atoms with E-state index in [-0.39, 0.29) is 34.4 Å². The SMILES string of the molecule is CCOC(=O)n1ccc2c(C(=O)OC)c(C(=O)OC)cc(O)c21. The fourth-order valence-corrected chi connectivity index (χ4v) is 2.26. The van der Waals surface area contributed by atoms with Crippen LogP contribution in [0.15, 0.2) is 18.3 Å². The van der Waals surface area contributed by atoms with Gasteiger partial charge < -0.3 is 19.3 Å². The van der Waals surface area contributed by atoms with E-state index < -0.39 is 18.0 Å². The molecule has 0 unspecified atom stereocenters. The summed E-state index contributed by atoms with van der Waals surface area (Å²) >= 11 is 0. The molecule has 0 bridgehead atoms. The number of methoxy groups -OCH3 is 2. The van der Waals surface area contributed by atoms with Gasteiger partial charge >= 0.3 is 18.0 Å². The molecule has 122 valence electrons. The van der Waals surface area contributed by atoms with Crippen LogP contribution in [0.5, 0.6) is 5.75 Å². The van der Waals surface area contributed by atoms with Crippen LogP contribution in [0.4, 0.5) is 4.79 Å². The van der Waals surface area contributed by atoms with E-state index in [1.807, 2.05) is 0 Å². The highest BCUT2D eigenvalue weighted by atomic mass is 16.5. The number of esters is 2. The van der Waals surface area contributed by atoms with E-state index in [2.05, 4.69) is 9.47 Å². The summed E-state index contributed by atoms with van der Waals surface area (Å²) in [6.45, 7) is 1.78. The lowest BCUT2D eigenvalue weighted by atomic mass is 10.0. The normalized spacial score (nSPS) is 10.4. The number of carbonyl (C=O) groups is 3. The average Bonchev–Trinajstić information content (AvgIpc) is 2.99. The van der Waals surface area contributed by atoms with E-state index in [1.54, 1.807) is 6.92 Å². The summed E-state index contributed by atoms with van der Waals surface area (Å²) in [5, 5.41) is 10.3. The van der Waals surface area contributed by atoms with Gasteiger partial charge in [0.25, 0.3) is 0 Å². The first-order valence-corrected chi connectivity index (χ1v) is 6.67. The second-order valence-electron chi connectivity index (χ2n) is 4.45. The lowest BCUT2D eigenvalue weighted by Crippen LogP contribution is -2.15. The van der Waals surface area contributed by atoms with Crippen molar-refractivity contribution in [1.29, 1.82) is 0 Å². The van der Waals surface area contributed by atoms with Crippen LogP contribution >= 0.6 is 0 Å². The number of phenolic OH excluding ortho intramolecular Hbond substituents is 1. The molecule has 0 fully saturated rings. The van der Waals surface area contributed by atoms with Crippen molar-refractivity contribution in [3.05, 3.63) is 29.5 Å². The predicted molar refractivity (Wildman–Crippen MR) is 78.7 cm³/mol. The lowest BCUT2D eigenvalue weighted by Gasteiger charge is -2.11. The number of carbonyl (C=O) groups excluding carboxylic acids is 3. The van der Waals surface area contributed by atoms with Gasteiger partial charge in [0, 0.05) is 11.6 Å². The zero-order valence-corrected chi connectivity index (χ0v) is 12.8. The summed E-state index contributed by atoms with van der Waals surface area (Å²) in [6.07, 6.45) is 0.606. The van der Waals surface area contributed by atoms with Crippen molar-refractivity contribution in [2.75, 3.05) is 20.8 Å². The summed E-state index contributed by atoms with van der Waals surface area (Å²) in [6, 6.07) is 2.46. The fourth-order valence-electron chi connectivity index (χ4n) is 2.26. The van der Waals surface area contributed by atoms with Crippen molar-refractivity contribution >= 4 is 28.9 Å². The van der Waals surface area contributed by atoms with Crippen molar-refractivity contribution in [1.82, 2.24) is 4.57 Å². The molecule has 0 saturated carbocycles. The summed E-state index contributed by atoms with van der Waals surface area (Å²) in [4.78, 5) is 35.8. The third-order valence-corrected chi connectivity index (χ3v) is 3.21. The number of phenols is 1. The van der Waals surface area contributed by atoms with Crippen LogP contribution in [-0.2, 0) is 14.2 Å². The van der Waals surface area contributed by atoms with Crippen LogP contribution < -0.4 is 0 Å². The molecule has 0 atom stereocenters. The molecule has 0 aliphatic heterocycles. The Kier molecular flexibility index (Phi) is 4.54. The van der Waals surface area contributed by atoms with Gasteiger partial charge in [-0.05, 0) is 19.1 Å². The van der Waals surface area contributed by atoms with Gasteiger partial charge in [0.1, 0.15) is 11.3 Å². The Labute approximate surface area is 131 Å². The van der Waals surface area contributed by atoms with Crippen LogP contribution in [0.25, 0.3) is 10.9 Å². The van der Waals surface area contributed by atoms with Crippen molar-refractivity contribution < 1.29 is 33.7 Å². The average molecular weight is 321 g/mol. The third-order valence-electron chi connectivity index (χ3n) is 3.21. The Morgan fingerprint density at radius 2 is 1.83 bits per heavy atom. The molecule has 23 heavy (non-hydrogen) atoms. The minimum atomic E-state index is -0.813. The summed E-state index contributed by atoms with van der Waals surface area (Å²) in [7, 11) is 2.30. The smallest absolute Gasteiger partial charge is 0.418 e. The molecule has 0 aliphatic rings. The number of fused-ring (bicyclic) bond motifs is 1. The fraction of sp³-hybridized carbons (Fsp3) is 0.267. The molecule has 1 aromatic carbocycles. The highest BCUT2D eigenvalue weighted by Crippen LogP contribution is 2.33. The van der Waals surface area contributed by atoms with Gasteiger partial charge in [-0.3, -0.25) is 0 Å². The summed E-state index contributed by atoms with van der Waals surface area (Å²) < 4.78 is 15.2. The molecule has 0 saturated heterocycles. The first-order chi connectivity index (χ1) is 11.0. The number of hydrogen-bond acceptors (Lipinski definition) is 7. The standard InChI is InChI=1S/C15H15NO7/c1-4-23-15(20)16-6-5-8-11(14(19)22-3)9(13(18)21-2)7-10(17)12(8)16/h5-7,17H,4H2,1-3H3. The molecule has 1 heterocycles. The number of aromatic nitrogens is 1. The van der Waals surface area contributed by atoms with Gasteiger partial charge in [-0.1, -0.05) is 0 Å². The lowest BCUT2D eigenvalue weighted by molar-refractivity contribution is 0.0557. The van der Waals surface area contributed by atoms with E-state index in [4.69, 9.17) is 4.74 Å². The maximum Gasteiger partial charge on any atom is 0.418 e. The Balaban J connectivity index is 2.81. The second-order valence-corrected chi connectivity index (χ2v) is 4.45. The quantitative estimate of drug-likeness (QED) is 0.680. The summed E-state index contributed by atoms with van der Waals surface area (Å²) in [5.74, 6) is -1.98. The maximum absolute atomic E-state index is 12.0. The van der Waals surface area contributed by atoms with Crippen molar-refractivity contribution in [3.8, 4) is 5.75 Å². The predicted octanol–water partition coefficient (Wildman–Crippen LogP) is 1.92. The molecular formula is C15H15NO7. The Morgan fingerprint density at radius 3 is 2.39 bits per heavy atom. The minimum Gasteiger partial charge on any atom is -0.506 e. The number of nitrogens with zero attached hydrogens (tertiary/aromatic N) is 1. The molecule has 0 aliphatic carbocycles. The zero-order valence-electron chi connectivity index (χ0n) is 12.8. The molecule has 2 aromatic rings. The zero-order chi connectivity index (χ0) is 17.1. The van der Waals surface area contributed by atoms with E-state index in [1.165, 1.54) is 12.3 Å². The summed E-state index contributed by atoms with van der Waals surface area (Å²) in [5.41, 5.74) is -0.224. The minimum absolute atomic E-state index is 0.0384. The van der Waals surface area contributed by atoms with Crippen LogP contribution in [-0.4, -0.2) is 48.5 Å². The van der Waals surface area contributed by atoms with E-state index >= 15 is 0 Å². The van der Waals surface area contributed by atoms with Gasteiger partial charge in [0.2, 0.25) is 0 Å². The Bertz CT molecular complexity index is 791. The monoisotopic (exact) mass is 321 g/mol. The van der Waals surface area contributed by atoms with Crippen LogP contribution in [0.1, 0.15) is 27.6 Å². The first kappa shape index (κ1) is 16.3. The molecule has 1 aromatic heterocycles. The van der Waals surface area contributed by atoms with Gasteiger partial charge in [-0.2, -0.15) is 0 Å². The Hall–Kier alpha value is -3.03. The third kappa shape index (κ3) is 2.70. The van der Waals surface area contributed by atoms with Gasteiger partial charge in [0.05, 0.1) is 32.0 Å². The second kappa shape index (κ2) is 6.39. The van der Waals surface area contributed by atoms with Gasteiger partial charge in [-0.15, -0.1) is 0 Å². The van der Waals surface area contributed by atoms with Gasteiger partial charge in [0.15, 0.2) is 0 Å². The van der Waals surface area contributed by atoms with Crippen molar-refractivity contribution in [3.63, 3.8) is 0 Å². The van der Waals surface area contributed by atoms with E-state index in [0.29, 0.717) is 0 Å². The molecule has 1 N–H and O–H groups in total. The van der Waals surface area contributed by atoms with Crippen molar-refractivity contribution in [2.45, 2.75) is 6.92 Å². The molecule has 8 nitrogen and oxygen atoms in total. The molecule has 0 amide bonds.